The molecule has 0 saturated heterocycles. The van der Waals surface area contributed by atoms with Crippen LogP contribution in [0.3, 0.4) is 0 Å². The minimum Gasteiger partial charge on any atom is -0.469 e. The molecule has 2 N–H and O–H groups in total. The van der Waals surface area contributed by atoms with Crippen molar-refractivity contribution in [3.05, 3.63) is 115 Å². The molecule has 0 radical (unpaired) electrons. The fourth-order valence-corrected chi connectivity index (χ4v) is 6.54. The number of unbranched alkanes of at least 4 members (excludes halogenated alkanes) is 1. The molecule has 18 heteroatoms. The maximum absolute atomic E-state index is 14.7. The van der Waals surface area contributed by atoms with Crippen LogP contribution in [0.15, 0.2) is 62.8 Å². The first-order valence-electron chi connectivity index (χ1n) is 17.7. The van der Waals surface area contributed by atoms with Gasteiger partial charge in [-0.2, -0.15) is 4.98 Å². The van der Waals surface area contributed by atoms with E-state index in [1.807, 2.05) is 0 Å². The molecule has 6 rings (SSSR count). The van der Waals surface area contributed by atoms with Crippen molar-refractivity contribution in [1.29, 1.82) is 0 Å². The van der Waals surface area contributed by atoms with E-state index in [-0.39, 0.29) is 47.3 Å². The number of anilines is 2. The summed E-state index contributed by atoms with van der Waals surface area (Å²) in [6, 6.07) is 8.01. The molecule has 14 nitrogen and oxygen atoms in total. The highest BCUT2D eigenvalue weighted by Gasteiger charge is 2.24. The molecule has 0 fully saturated rings. The quantitative estimate of drug-likeness (QED) is 0.0730. The van der Waals surface area contributed by atoms with E-state index in [1.165, 1.54) is 25.6 Å². The van der Waals surface area contributed by atoms with Crippen LogP contribution in [-0.2, 0) is 33.8 Å². The number of fused-ring (bicyclic) bond motifs is 2. The van der Waals surface area contributed by atoms with Gasteiger partial charge < -0.3 is 24.5 Å². The predicted molar refractivity (Wildman–Crippen MR) is 204 cm³/mol. The van der Waals surface area contributed by atoms with Gasteiger partial charge in [0.15, 0.2) is 28.9 Å². The minimum atomic E-state index is -1.71. The van der Waals surface area contributed by atoms with Crippen LogP contribution in [0.4, 0.5) is 29.6 Å². The summed E-state index contributed by atoms with van der Waals surface area (Å²) in [5.41, 5.74) is -1.18. The molecule has 0 bridgehead atoms. The number of amides is 1. The molecule has 0 unspecified atom stereocenters. The Morgan fingerprint density at radius 1 is 1.02 bits per heavy atom. The Labute approximate surface area is 327 Å². The third-order valence-corrected chi connectivity index (χ3v) is 9.03. The van der Waals surface area contributed by atoms with Crippen LogP contribution in [0.1, 0.15) is 62.6 Å². The number of pyridine rings is 1. The van der Waals surface area contributed by atoms with Gasteiger partial charge in [0.1, 0.15) is 11.1 Å². The maximum Gasteiger partial charge on any atom is 0.407 e. The van der Waals surface area contributed by atoms with E-state index in [4.69, 9.17) is 25.5 Å². The van der Waals surface area contributed by atoms with Gasteiger partial charge in [0.2, 0.25) is 5.95 Å². The Morgan fingerprint density at radius 2 is 1.75 bits per heavy atom. The highest BCUT2D eigenvalue weighted by molar-refractivity contribution is 6.34. The molecule has 0 aliphatic heterocycles. The lowest BCUT2D eigenvalue weighted by Crippen LogP contribution is -2.42. The lowest BCUT2D eigenvalue weighted by Gasteiger charge is -2.20. The van der Waals surface area contributed by atoms with E-state index in [0.29, 0.717) is 63.9 Å². The lowest BCUT2D eigenvalue weighted by molar-refractivity contribution is -0.140. The van der Waals surface area contributed by atoms with E-state index in [0.717, 1.165) is 9.13 Å². The summed E-state index contributed by atoms with van der Waals surface area (Å²) in [6.07, 6.45) is 3.37. The van der Waals surface area contributed by atoms with E-state index < -0.39 is 53.0 Å². The number of methoxy groups -OCH3 is 1. The van der Waals surface area contributed by atoms with Crippen molar-refractivity contribution in [2.75, 3.05) is 12.4 Å². The number of carbonyl (C=O) groups is 2. The summed E-state index contributed by atoms with van der Waals surface area (Å²) in [7, 11) is 1.29. The van der Waals surface area contributed by atoms with Crippen LogP contribution in [-0.4, -0.2) is 48.9 Å². The maximum atomic E-state index is 14.7. The van der Waals surface area contributed by atoms with Gasteiger partial charge in [0, 0.05) is 42.4 Å². The van der Waals surface area contributed by atoms with Crippen molar-refractivity contribution < 1.29 is 36.7 Å². The molecule has 298 valence electrons. The smallest absolute Gasteiger partial charge is 0.407 e. The third-order valence-electron chi connectivity index (χ3n) is 8.73. The van der Waals surface area contributed by atoms with Crippen LogP contribution in [0.5, 0.6) is 0 Å². The van der Waals surface area contributed by atoms with Gasteiger partial charge in [-0.25, -0.2) is 37.1 Å². The molecule has 57 heavy (non-hydrogen) atoms. The van der Waals surface area contributed by atoms with Gasteiger partial charge in [0.05, 0.1) is 36.2 Å². The molecule has 0 aliphatic carbocycles. The average Bonchev–Trinajstić information content (AvgIpc) is 3.52. The minimum absolute atomic E-state index is 0.0174. The number of oxazole rings is 1. The van der Waals surface area contributed by atoms with Gasteiger partial charge >= 0.3 is 23.4 Å². The molecule has 0 atom stereocenters. The Balaban J connectivity index is 1.52. The molecule has 6 aromatic rings. The second kappa shape index (κ2) is 16.5. The van der Waals surface area contributed by atoms with Gasteiger partial charge in [-0.05, 0) is 69.4 Å². The Hall–Kier alpha value is -6.23. The highest BCUT2D eigenvalue weighted by Crippen LogP contribution is 2.37. The van der Waals surface area contributed by atoms with Crippen molar-refractivity contribution >= 4 is 57.2 Å². The highest BCUT2D eigenvalue weighted by atomic mass is 35.5. The molecular weight excluding hydrogens is 771 g/mol. The zero-order valence-electron chi connectivity index (χ0n) is 31.5. The van der Waals surface area contributed by atoms with Crippen LogP contribution in [0.25, 0.3) is 27.6 Å². The first kappa shape index (κ1) is 40.4. The molecule has 3 aromatic heterocycles. The number of hydrogen-bond donors (Lipinski definition) is 2. The summed E-state index contributed by atoms with van der Waals surface area (Å²) < 4.78 is 60.8. The number of nitrogens with one attached hydrogen (secondary N) is 2. The summed E-state index contributed by atoms with van der Waals surface area (Å²) in [5, 5.41) is 6.62. The van der Waals surface area contributed by atoms with Gasteiger partial charge in [-0.3, -0.25) is 14.3 Å². The molecule has 3 heterocycles. The van der Waals surface area contributed by atoms with Crippen molar-refractivity contribution in [3.63, 3.8) is 0 Å². The number of carbonyl (C=O) groups excluding carboxylic acids is 2. The summed E-state index contributed by atoms with van der Waals surface area (Å²) in [5.74, 6) is -5.16. The first-order valence-corrected chi connectivity index (χ1v) is 18.0. The number of halogens is 4. The number of aromatic nitrogens is 5. The number of esters is 1. The molecule has 0 saturated carbocycles. The summed E-state index contributed by atoms with van der Waals surface area (Å²) >= 11 is 6.80. The normalized spacial score (nSPS) is 11.6. The number of benzene rings is 3. The second-order valence-corrected chi connectivity index (χ2v) is 14.4. The number of aryl methyl sites for hydroxylation is 2. The van der Waals surface area contributed by atoms with Crippen LogP contribution in [0.2, 0.25) is 5.02 Å². The average molecular weight is 808 g/mol. The predicted octanol–water partition coefficient (Wildman–Crippen LogP) is 7.17. The van der Waals surface area contributed by atoms with Crippen molar-refractivity contribution in [2.45, 2.75) is 72.1 Å². The standard InChI is InChI=1S/C39H37ClF3N7O7/c1-20-46-28-15-25(40)33(24(34(28)56-20)11-6-7-12-30(51)55-5)47-35-48-36(52)50(38(54)49(35)19-21-13-26(41)32(43)27(42)14-21)29-18-44-16-22-9-8-10-23(31(22)29)17-45-37(53)57-39(2,3)4/h8-10,13-16,18H,6-7,11-12,17,19H2,1-5H3,(H,45,53)(H,47,48,52). The van der Waals surface area contributed by atoms with Crippen LogP contribution in [0, 0.1) is 24.4 Å². The second-order valence-electron chi connectivity index (χ2n) is 14.0. The number of hydrogen-bond acceptors (Lipinski definition) is 11. The van der Waals surface area contributed by atoms with Gasteiger partial charge in [0.25, 0.3) is 0 Å². The zero-order chi connectivity index (χ0) is 41.2. The van der Waals surface area contributed by atoms with Gasteiger partial charge in [-0.15, -0.1) is 0 Å². The fraction of sp³-hybridized carbons (Fsp3) is 0.308. The number of nitrogens with zero attached hydrogens (tertiary/aromatic N) is 5. The Kier molecular flexibility index (Phi) is 11.7. The monoisotopic (exact) mass is 807 g/mol. The SMILES string of the molecule is COC(=O)CCCCc1c(Nc2nc(=O)n(-c3cncc4cccc(CNC(=O)OC(C)(C)C)c34)c(=O)n2Cc2cc(F)c(F)c(F)c2)c(Cl)cc2nc(C)oc12. The molecule has 1 amide bonds. The van der Waals surface area contributed by atoms with E-state index in [2.05, 4.69) is 25.6 Å². The third kappa shape index (κ3) is 8.93. The zero-order valence-corrected chi connectivity index (χ0v) is 32.2. The summed E-state index contributed by atoms with van der Waals surface area (Å²) in [4.78, 5) is 65.9. The first-order chi connectivity index (χ1) is 27.0. The van der Waals surface area contributed by atoms with E-state index >= 15 is 0 Å². The van der Waals surface area contributed by atoms with Crippen LogP contribution < -0.4 is 22.0 Å². The number of alkyl carbamates (subject to hydrolysis) is 1. The van der Waals surface area contributed by atoms with Crippen LogP contribution >= 0.6 is 11.6 Å². The Bertz CT molecular complexity index is 2630. The topological polar surface area (TPSA) is 172 Å². The van der Waals surface area contributed by atoms with Crippen molar-refractivity contribution in [3.8, 4) is 5.69 Å². The van der Waals surface area contributed by atoms with Crippen molar-refractivity contribution in [1.82, 2.24) is 29.4 Å². The van der Waals surface area contributed by atoms with Gasteiger partial charge in [-0.1, -0.05) is 29.8 Å². The van der Waals surface area contributed by atoms with E-state index in [1.54, 1.807) is 45.9 Å². The largest absolute Gasteiger partial charge is 0.469 e. The molecular formula is C39H37ClF3N7O7. The molecule has 0 spiro atoms. The van der Waals surface area contributed by atoms with E-state index in [9.17, 15) is 32.3 Å². The van der Waals surface area contributed by atoms with Crippen molar-refractivity contribution in [2.24, 2.45) is 0 Å². The fourth-order valence-electron chi connectivity index (χ4n) is 6.28. The number of rotatable bonds is 12. The summed E-state index contributed by atoms with van der Waals surface area (Å²) in [6.45, 7) is 6.09. The Morgan fingerprint density at radius 3 is 2.46 bits per heavy atom. The lowest BCUT2D eigenvalue weighted by atomic mass is 10.0. The number of ether oxygens (including phenoxy) is 2. The molecule has 3 aromatic carbocycles. The molecule has 0 aliphatic rings.